The largest absolute Gasteiger partial charge is 0.497 e. The number of methoxy groups -OCH3 is 1. The van der Waals surface area contributed by atoms with Gasteiger partial charge in [-0.3, -0.25) is 4.79 Å². The lowest BCUT2D eigenvalue weighted by molar-refractivity contribution is -0.126. The van der Waals surface area contributed by atoms with E-state index in [1.165, 1.54) is 0 Å². The third-order valence-corrected chi connectivity index (χ3v) is 4.83. The molecule has 1 fully saturated rings. The Labute approximate surface area is 178 Å². The fraction of sp³-hybridized carbons (Fsp3) is 0.400. The predicted molar refractivity (Wildman–Crippen MR) is 114 cm³/mol. The minimum atomic E-state index is 0. The van der Waals surface area contributed by atoms with Crippen LogP contribution in [0, 0.1) is 11.8 Å². The molecule has 1 aliphatic carbocycles. The number of nitrogens with two attached hydrogens (primary N) is 1. The van der Waals surface area contributed by atoms with Crippen molar-refractivity contribution in [3.63, 3.8) is 0 Å². The molecule has 0 bridgehead atoms. The van der Waals surface area contributed by atoms with Gasteiger partial charge in [0.05, 0.1) is 7.11 Å². The van der Waals surface area contributed by atoms with Crippen molar-refractivity contribution in [3.8, 4) is 17.4 Å². The molecular formula is C20H27Cl2N3O3. The van der Waals surface area contributed by atoms with E-state index in [0.717, 1.165) is 30.6 Å². The number of amides is 1. The van der Waals surface area contributed by atoms with Gasteiger partial charge < -0.3 is 20.5 Å². The summed E-state index contributed by atoms with van der Waals surface area (Å²) < 4.78 is 10.9. The molecule has 3 rings (SSSR count). The molecule has 1 heterocycles. The molecule has 1 aromatic carbocycles. The van der Waals surface area contributed by atoms with Crippen LogP contribution in [0.1, 0.15) is 24.8 Å². The quantitative estimate of drug-likeness (QED) is 0.702. The lowest BCUT2D eigenvalue weighted by Crippen LogP contribution is -2.34. The number of carbonyl (C=O) groups is 1. The van der Waals surface area contributed by atoms with Crippen molar-refractivity contribution < 1.29 is 14.3 Å². The van der Waals surface area contributed by atoms with E-state index in [-0.39, 0.29) is 36.6 Å². The summed E-state index contributed by atoms with van der Waals surface area (Å²) in [5.41, 5.74) is 6.68. The minimum Gasteiger partial charge on any atom is -0.497 e. The lowest BCUT2D eigenvalue weighted by Gasteiger charge is -2.17. The molecule has 1 aromatic heterocycles. The smallest absolute Gasteiger partial charge is 0.223 e. The van der Waals surface area contributed by atoms with E-state index < -0.39 is 0 Å². The predicted octanol–water partition coefficient (Wildman–Crippen LogP) is 3.72. The van der Waals surface area contributed by atoms with Crippen LogP contribution in [-0.2, 0) is 11.3 Å². The summed E-state index contributed by atoms with van der Waals surface area (Å²) in [7, 11) is 1.61. The van der Waals surface area contributed by atoms with E-state index in [1.807, 2.05) is 24.3 Å². The standard InChI is InChI=1S/C20H25N3O3.2ClH/c1-25-16-5-3-6-17(10-16)26-19-9-8-14(12-22-19)13-23-20(24)18-7-2-4-15(18)11-21;;/h3,5-6,8-10,12,15,18H,2,4,7,11,13,21H2,1H3,(H,23,24);2*1H/t15-,18-;;/m1../s1. The van der Waals surface area contributed by atoms with Crippen LogP contribution in [0.3, 0.4) is 0 Å². The minimum absolute atomic E-state index is 0. The average molecular weight is 428 g/mol. The number of rotatable bonds is 7. The number of hydrogen-bond acceptors (Lipinski definition) is 5. The van der Waals surface area contributed by atoms with Crippen LogP contribution in [0.25, 0.3) is 0 Å². The van der Waals surface area contributed by atoms with Crippen LogP contribution >= 0.6 is 24.8 Å². The van der Waals surface area contributed by atoms with Gasteiger partial charge in [-0.2, -0.15) is 0 Å². The SMILES string of the molecule is COc1cccc(Oc2ccc(CNC(=O)[C@@H]3CCC[C@@H]3CN)cn2)c1.Cl.Cl. The van der Waals surface area contributed by atoms with Crippen molar-refractivity contribution in [2.45, 2.75) is 25.8 Å². The number of nitrogens with one attached hydrogen (secondary N) is 1. The van der Waals surface area contributed by atoms with Crippen LogP contribution in [0.2, 0.25) is 0 Å². The molecule has 0 unspecified atom stereocenters. The molecule has 0 radical (unpaired) electrons. The van der Waals surface area contributed by atoms with Crippen LogP contribution in [-0.4, -0.2) is 24.5 Å². The molecule has 154 valence electrons. The molecule has 0 spiro atoms. The summed E-state index contributed by atoms with van der Waals surface area (Å²) in [6.45, 7) is 1.04. The lowest BCUT2D eigenvalue weighted by atomic mass is 9.95. The maximum atomic E-state index is 12.3. The summed E-state index contributed by atoms with van der Waals surface area (Å²) in [5, 5.41) is 3.00. The van der Waals surface area contributed by atoms with Crippen molar-refractivity contribution >= 4 is 30.7 Å². The van der Waals surface area contributed by atoms with Crippen LogP contribution in [0.4, 0.5) is 0 Å². The first kappa shape index (κ1) is 24.0. The second kappa shape index (κ2) is 11.7. The van der Waals surface area contributed by atoms with Gasteiger partial charge in [0.15, 0.2) is 0 Å². The number of pyridine rings is 1. The van der Waals surface area contributed by atoms with E-state index >= 15 is 0 Å². The summed E-state index contributed by atoms with van der Waals surface area (Å²) in [6.07, 6.45) is 4.77. The average Bonchev–Trinajstić information content (AvgIpc) is 3.16. The Kier molecular flexibility index (Phi) is 10.1. The first-order valence-corrected chi connectivity index (χ1v) is 8.94. The van der Waals surface area contributed by atoms with E-state index in [0.29, 0.717) is 30.6 Å². The maximum absolute atomic E-state index is 12.3. The van der Waals surface area contributed by atoms with Gasteiger partial charge >= 0.3 is 0 Å². The number of halogens is 2. The Bertz CT molecular complexity index is 744. The van der Waals surface area contributed by atoms with Gasteiger partial charge in [-0.1, -0.05) is 18.6 Å². The number of benzene rings is 1. The highest BCUT2D eigenvalue weighted by molar-refractivity contribution is 5.85. The van der Waals surface area contributed by atoms with Crippen molar-refractivity contribution in [2.24, 2.45) is 17.6 Å². The number of carbonyl (C=O) groups excluding carboxylic acids is 1. The van der Waals surface area contributed by atoms with E-state index in [4.69, 9.17) is 15.2 Å². The van der Waals surface area contributed by atoms with Crippen molar-refractivity contribution in [2.75, 3.05) is 13.7 Å². The topological polar surface area (TPSA) is 86.5 Å². The Balaban J connectivity index is 0.00000196. The number of ether oxygens (including phenoxy) is 2. The van der Waals surface area contributed by atoms with Gasteiger partial charge in [0.2, 0.25) is 11.8 Å². The highest BCUT2D eigenvalue weighted by Gasteiger charge is 2.31. The number of nitrogens with zero attached hydrogens (tertiary/aromatic N) is 1. The zero-order chi connectivity index (χ0) is 18.4. The van der Waals surface area contributed by atoms with Crippen LogP contribution in [0.15, 0.2) is 42.6 Å². The Morgan fingerprint density at radius 1 is 1.21 bits per heavy atom. The highest BCUT2D eigenvalue weighted by Crippen LogP contribution is 2.31. The van der Waals surface area contributed by atoms with E-state index in [2.05, 4.69) is 10.3 Å². The molecule has 6 nitrogen and oxygen atoms in total. The first-order valence-electron chi connectivity index (χ1n) is 8.94. The molecule has 8 heteroatoms. The van der Waals surface area contributed by atoms with E-state index in [1.54, 1.807) is 25.4 Å². The zero-order valence-corrected chi connectivity index (χ0v) is 17.4. The summed E-state index contributed by atoms with van der Waals surface area (Å²) in [5.74, 6) is 2.33. The molecule has 0 saturated heterocycles. The van der Waals surface area contributed by atoms with Gasteiger partial charge in [-0.05, 0) is 43.0 Å². The maximum Gasteiger partial charge on any atom is 0.223 e. The third-order valence-electron chi connectivity index (χ3n) is 4.83. The Hall–Kier alpha value is -2.02. The van der Waals surface area contributed by atoms with Gasteiger partial charge in [-0.15, -0.1) is 24.8 Å². The molecular weight excluding hydrogens is 401 g/mol. The molecule has 0 aliphatic heterocycles. The zero-order valence-electron chi connectivity index (χ0n) is 15.8. The van der Waals surface area contributed by atoms with Crippen molar-refractivity contribution in [1.29, 1.82) is 0 Å². The Morgan fingerprint density at radius 2 is 2.00 bits per heavy atom. The van der Waals surface area contributed by atoms with Gasteiger partial charge in [0.25, 0.3) is 0 Å². The summed E-state index contributed by atoms with van der Waals surface area (Å²) in [6, 6.07) is 11.0. The van der Waals surface area contributed by atoms with Gasteiger partial charge in [-0.25, -0.2) is 4.98 Å². The second-order valence-corrected chi connectivity index (χ2v) is 6.54. The van der Waals surface area contributed by atoms with Crippen LogP contribution in [0.5, 0.6) is 17.4 Å². The molecule has 1 aliphatic rings. The normalized spacial score (nSPS) is 17.8. The fourth-order valence-electron chi connectivity index (χ4n) is 3.35. The van der Waals surface area contributed by atoms with Gasteiger partial charge in [0, 0.05) is 30.8 Å². The second-order valence-electron chi connectivity index (χ2n) is 6.54. The molecule has 2 atom stereocenters. The number of hydrogen-bond donors (Lipinski definition) is 2. The summed E-state index contributed by atoms with van der Waals surface area (Å²) in [4.78, 5) is 16.6. The van der Waals surface area contributed by atoms with Gasteiger partial charge in [0.1, 0.15) is 11.5 Å². The Morgan fingerprint density at radius 3 is 2.68 bits per heavy atom. The fourth-order valence-corrected chi connectivity index (χ4v) is 3.35. The molecule has 3 N–H and O–H groups in total. The number of aromatic nitrogens is 1. The molecule has 28 heavy (non-hydrogen) atoms. The van der Waals surface area contributed by atoms with Crippen molar-refractivity contribution in [1.82, 2.24) is 10.3 Å². The van der Waals surface area contributed by atoms with Crippen molar-refractivity contribution in [3.05, 3.63) is 48.2 Å². The summed E-state index contributed by atoms with van der Waals surface area (Å²) >= 11 is 0. The third kappa shape index (κ3) is 6.26. The van der Waals surface area contributed by atoms with E-state index in [9.17, 15) is 4.79 Å². The first-order chi connectivity index (χ1) is 12.7. The molecule has 1 amide bonds. The molecule has 2 aromatic rings. The van der Waals surface area contributed by atoms with Crippen LogP contribution < -0.4 is 20.5 Å². The monoisotopic (exact) mass is 427 g/mol. The highest BCUT2D eigenvalue weighted by atomic mass is 35.5. The molecule has 1 saturated carbocycles.